The van der Waals surface area contributed by atoms with Gasteiger partial charge in [-0.25, -0.2) is 0 Å². The summed E-state index contributed by atoms with van der Waals surface area (Å²) >= 11 is 0. The SMILES string of the molecule is COc1ccc(N(c2ccccc2)c2cc(C(C)(C)C)ccc2Oc2c([N+](=O)[O-])cc([N+](=O)[O-])cc2[N+](=O)[O-])cc1. The molecule has 0 aliphatic heterocycles. The first-order valence-electron chi connectivity index (χ1n) is 12.3. The lowest BCUT2D eigenvalue weighted by Gasteiger charge is -2.29. The van der Waals surface area contributed by atoms with E-state index in [1.54, 1.807) is 31.4 Å². The Labute approximate surface area is 234 Å². The van der Waals surface area contributed by atoms with Crippen molar-refractivity contribution in [3.63, 3.8) is 0 Å². The molecule has 4 rings (SSSR count). The number of hydrogen-bond acceptors (Lipinski definition) is 9. The van der Waals surface area contributed by atoms with Gasteiger partial charge in [-0.2, -0.15) is 0 Å². The fourth-order valence-electron chi connectivity index (χ4n) is 4.16. The largest absolute Gasteiger partial charge is 0.497 e. The van der Waals surface area contributed by atoms with Crippen LogP contribution in [0.25, 0.3) is 0 Å². The molecule has 0 radical (unpaired) electrons. The van der Waals surface area contributed by atoms with Gasteiger partial charge in [-0.05, 0) is 59.5 Å². The highest BCUT2D eigenvalue weighted by molar-refractivity contribution is 5.81. The van der Waals surface area contributed by atoms with Crippen LogP contribution in [0.5, 0.6) is 17.2 Å². The van der Waals surface area contributed by atoms with Crippen LogP contribution < -0.4 is 14.4 Å². The maximum absolute atomic E-state index is 11.9. The molecule has 41 heavy (non-hydrogen) atoms. The van der Waals surface area contributed by atoms with E-state index in [2.05, 4.69) is 0 Å². The molecule has 0 unspecified atom stereocenters. The van der Waals surface area contributed by atoms with Crippen LogP contribution >= 0.6 is 0 Å². The molecule has 0 spiro atoms. The number of hydrogen-bond donors (Lipinski definition) is 0. The van der Waals surface area contributed by atoms with Crippen molar-refractivity contribution in [3.8, 4) is 17.2 Å². The van der Waals surface area contributed by atoms with Crippen LogP contribution in [-0.4, -0.2) is 21.9 Å². The van der Waals surface area contributed by atoms with Gasteiger partial charge >= 0.3 is 11.4 Å². The Morgan fingerprint density at radius 2 is 1.27 bits per heavy atom. The van der Waals surface area contributed by atoms with E-state index < -0.39 is 37.6 Å². The molecule has 4 aromatic rings. The van der Waals surface area contributed by atoms with Crippen LogP contribution in [0.3, 0.4) is 0 Å². The van der Waals surface area contributed by atoms with Gasteiger partial charge in [0.2, 0.25) is 0 Å². The summed E-state index contributed by atoms with van der Waals surface area (Å²) in [6.45, 7) is 6.04. The van der Waals surface area contributed by atoms with Gasteiger partial charge in [-0.15, -0.1) is 0 Å². The van der Waals surface area contributed by atoms with E-state index in [1.165, 1.54) is 0 Å². The smallest absolute Gasteiger partial charge is 0.325 e. The fraction of sp³-hybridized carbons (Fsp3) is 0.172. The van der Waals surface area contributed by atoms with Gasteiger partial charge in [0, 0.05) is 11.4 Å². The van der Waals surface area contributed by atoms with Crippen molar-refractivity contribution < 1.29 is 24.2 Å². The predicted octanol–water partition coefficient (Wildman–Crippen LogP) is 7.98. The third kappa shape index (κ3) is 6.06. The normalized spacial score (nSPS) is 11.0. The van der Waals surface area contributed by atoms with Gasteiger partial charge < -0.3 is 14.4 Å². The molecule has 0 aliphatic carbocycles. The number of nitro benzene ring substituents is 3. The Bertz CT molecular complexity index is 1580. The van der Waals surface area contributed by atoms with Crippen molar-refractivity contribution in [1.29, 1.82) is 0 Å². The molecule has 4 aromatic carbocycles. The molecule has 12 heteroatoms. The van der Waals surface area contributed by atoms with E-state index in [1.807, 2.05) is 74.2 Å². The zero-order valence-corrected chi connectivity index (χ0v) is 22.6. The van der Waals surface area contributed by atoms with Crippen molar-refractivity contribution in [2.24, 2.45) is 0 Å². The van der Waals surface area contributed by atoms with Crippen LogP contribution in [0.4, 0.5) is 34.1 Å². The van der Waals surface area contributed by atoms with Gasteiger partial charge in [-0.3, -0.25) is 30.3 Å². The first-order valence-corrected chi connectivity index (χ1v) is 12.3. The lowest BCUT2D eigenvalue weighted by atomic mass is 9.86. The minimum absolute atomic E-state index is 0.0534. The van der Waals surface area contributed by atoms with E-state index in [9.17, 15) is 30.3 Å². The third-order valence-electron chi connectivity index (χ3n) is 6.26. The molecule has 0 aromatic heterocycles. The van der Waals surface area contributed by atoms with Crippen molar-refractivity contribution in [3.05, 3.63) is 121 Å². The standard InChI is InChI=1S/C29H26N4O8/c1-29(2,3)19-10-15-27(41-28-25(32(36)37)17-22(31(34)35)18-26(28)33(38)39)24(16-19)30(20-8-6-5-7-9-20)21-11-13-23(40-4)14-12-21/h5-18H,1-4H3. The van der Waals surface area contributed by atoms with Crippen LogP contribution in [0, 0.1) is 30.3 Å². The summed E-state index contributed by atoms with van der Waals surface area (Å²) < 4.78 is 11.3. The molecule has 0 saturated heterocycles. The van der Waals surface area contributed by atoms with Crippen LogP contribution in [0.2, 0.25) is 0 Å². The van der Waals surface area contributed by atoms with Crippen LogP contribution in [0.15, 0.2) is 84.9 Å². The summed E-state index contributed by atoms with van der Waals surface area (Å²) in [5, 5.41) is 35.2. The number of methoxy groups -OCH3 is 1. The molecule has 0 aliphatic rings. The Kier molecular flexibility index (Phi) is 7.85. The molecule has 0 fully saturated rings. The summed E-state index contributed by atoms with van der Waals surface area (Å²) in [4.78, 5) is 34.2. The number of benzene rings is 4. The average molecular weight is 559 g/mol. The highest BCUT2D eigenvalue weighted by Crippen LogP contribution is 2.48. The number of ether oxygens (including phenoxy) is 2. The van der Waals surface area contributed by atoms with E-state index in [4.69, 9.17) is 9.47 Å². The van der Waals surface area contributed by atoms with Gasteiger partial charge in [-0.1, -0.05) is 45.0 Å². The van der Waals surface area contributed by atoms with Crippen molar-refractivity contribution >= 4 is 34.1 Å². The molecule has 0 N–H and O–H groups in total. The molecule has 0 amide bonds. The van der Waals surface area contributed by atoms with Crippen LogP contribution in [-0.2, 0) is 5.41 Å². The highest BCUT2D eigenvalue weighted by atomic mass is 16.6. The molecule has 210 valence electrons. The van der Waals surface area contributed by atoms with Gasteiger partial charge in [0.15, 0.2) is 5.75 Å². The Morgan fingerprint density at radius 1 is 0.707 bits per heavy atom. The minimum atomic E-state index is -0.947. The summed E-state index contributed by atoms with van der Waals surface area (Å²) in [6.07, 6.45) is 0. The quantitative estimate of drug-likeness (QED) is 0.147. The molecule has 0 atom stereocenters. The lowest BCUT2D eigenvalue weighted by Crippen LogP contribution is -2.15. The topological polar surface area (TPSA) is 151 Å². The molecule has 0 heterocycles. The molecular formula is C29H26N4O8. The predicted molar refractivity (Wildman–Crippen MR) is 153 cm³/mol. The second-order valence-corrected chi connectivity index (χ2v) is 9.99. The van der Waals surface area contributed by atoms with Crippen molar-refractivity contribution in [2.75, 3.05) is 12.0 Å². The number of rotatable bonds is 9. The van der Waals surface area contributed by atoms with Gasteiger partial charge in [0.25, 0.3) is 11.4 Å². The second-order valence-electron chi connectivity index (χ2n) is 9.99. The monoisotopic (exact) mass is 558 g/mol. The molecule has 0 saturated carbocycles. The van der Waals surface area contributed by atoms with Gasteiger partial charge in [0.05, 0.1) is 39.7 Å². The average Bonchev–Trinajstić information content (AvgIpc) is 2.94. The van der Waals surface area contributed by atoms with Crippen molar-refractivity contribution in [2.45, 2.75) is 26.2 Å². The van der Waals surface area contributed by atoms with Gasteiger partial charge in [0.1, 0.15) is 5.75 Å². The van der Waals surface area contributed by atoms with E-state index in [-0.39, 0.29) is 11.2 Å². The Balaban J connectivity index is 2.01. The zero-order chi connectivity index (χ0) is 29.9. The number of anilines is 3. The van der Waals surface area contributed by atoms with E-state index in [0.29, 0.717) is 34.9 Å². The first-order chi connectivity index (χ1) is 19.4. The maximum Gasteiger partial charge on any atom is 0.325 e. The molecular weight excluding hydrogens is 532 g/mol. The number of nitro groups is 3. The van der Waals surface area contributed by atoms with E-state index in [0.717, 1.165) is 5.56 Å². The zero-order valence-electron chi connectivity index (χ0n) is 22.6. The molecule has 12 nitrogen and oxygen atoms in total. The fourth-order valence-corrected chi connectivity index (χ4v) is 4.16. The molecule has 0 bridgehead atoms. The lowest BCUT2D eigenvalue weighted by molar-refractivity contribution is -0.404. The summed E-state index contributed by atoms with van der Waals surface area (Å²) in [6, 6.07) is 22.9. The maximum atomic E-state index is 11.9. The number of non-ortho nitro benzene ring substituents is 1. The minimum Gasteiger partial charge on any atom is -0.497 e. The Morgan fingerprint density at radius 3 is 1.76 bits per heavy atom. The highest BCUT2D eigenvalue weighted by Gasteiger charge is 2.34. The van der Waals surface area contributed by atoms with Crippen molar-refractivity contribution in [1.82, 2.24) is 0 Å². The second kappa shape index (κ2) is 11.3. The number of nitrogens with zero attached hydrogens (tertiary/aromatic N) is 4. The first kappa shape index (κ1) is 28.5. The van der Waals surface area contributed by atoms with Crippen LogP contribution in [0.1, 0.15) is 26.3 Å². The third-order valence-corrected chi connectivity index (χ3v) is 6.26. The summed E-state index contributed by atoms with van der Waals surface area (Å²) in [7, 11) is 1.55. The summed E-state index contributed by atoms with van der Waals surface area (Å²) in [5.41, 5.74) is -0.233. The van der Waals surface area contributed by atoms with E-state index >= 15 is 0 Å². The Hall–Kier alpha value is -5.52. The number of para-hydroxylation sites is 1. The summed E-state index contributed by atoms with van der Waals surface area (Å²) in [5.74, 6) is -0.0466.